The fraction of sp³-hybridized carbons (Fsp3) is 0.154. The number of carboxylic acids is 1. The third-order valence-corrected chi connectivity index (χ3v) is 3.38. The maximum absolute atomic E-state index is 11.7. The number of thiazole rings is 1. The Balaban J connectivity index is 1.94. The van der Waals surface area contributed by atoms with Gasteiger partial charge in [0.1, 0.15) is 5.01 Å². The minimum absolute atomic E-state index is 0.221. The van der Waals surface area contributed by atoms with Crippen molar-refractivity contribution < 1.29 is 14.7 Å². The van der Waals surface area contributed by atoms with Gasteiger partial charge in [0.25, 0.3) is 0 Å². The summed E-state index contributed by atoms with van der Waals surface area (Å²) in [5, 5.41) is 16.9. The van der Waals surface area contributed by atoms with E-state index in [-0.39, 0.29) is 11.6 Å². The van der Waals surface area contributed by atoms with E-state index in [1.165, 1.54) is 17.4 Å². The highest BCUT2D eigenvalue weighted by Crippen LogP contribution is 2.15. The molecule has 6 nitrogen and oxygen atoms in total. The van der Waals surface area contributed by atoms with Gasteiger partial charge in [-0.2, -0.15) is 0 Å². The SMILES string of the molecule is Cc1cc(NC(=O)NCc2nccs2)ccc1C(=O)O. The van der Waals surface area contributed by atoms with Crippen LogP contribution >= 0.6 is 11.3 Å². The van der Waals surface area contributed by atoms with Gasteiger partial charge in [-0.1, -0.05) is 0 Å². The molecule has 1 aromatic carbocycles. The fourth-order valence-electron chi connectivity index (χ4n) is 1.65. The van der Waals surface area contributed by atoms with Crippen molar-refractivity contribution in [1.29, 1.82) is 0 Å². The van der Waals surface area contributed by atoms with Crippen molar-refractivity contribution in [2.75, 3.05) is 5.32 Å². The second-order valence-corrected chi connectivity index (χ2v) is 5.05. The summed E-state index contributed by atoms with van der Waals surface area (Å²) in [5.74, 6) is -0.984. The highest BCUT2D eigenvalue weighted by molar-refractivity contribution is 7.09. The van der Waals surface area contributed by atoms with Gasteiger partial charge < -0.3 is 15.7 Å². The molecule has 0 atom stereocenters. The number of urea groups is 1. The number of aryl methyl sites for hydroxylation is 1. The molecule has 0 unspecified atom stereocenters. The summed E-state index contributed by atoms with van der Waals surface area (Å²) in [6.45, 7) is 2.04. The molecule has 0 aliphatic heterocycles. The summed E-state index contributed by atoms with van der Waals surface area (Å²) in [7, 11) is 0. The van der Waals surface area contributed by atoms with Gasteiger partial charge in [0, 0.05) is 17.3 Å². The Morgan fingerprint density at radius 1 is 1.40 bits per heavy atom. The van der Waals surface area contributed by atoms with Crippen LogP contribution in [-0.2, 0) is 6.54 Å². The summed E-state index contributed by atoms with van der Waals surface area (Å²) in [5.41, 5.74) is 1.36. The van der Waals surface area contributed by atoms with E-state index in [1.807, 2.05) is 5.38 Å². The number of carboxylic acid groups (broad SMARTS) is 1. The molecule has 20 heavy (non-hydrogen) atoms. The third kappa shape index (κ3) is 3.55. The lowest BCUT2D eigenvalue weighted by Crippen LogP contribution is -2.28. The van der Waals surface area contributed by atoms with Crippen LogP contribution in [0.4, 0.5) is 10.5 Å². The number of anilines is 1. The Hall–Kier alpha value is -2.41. The summed E-state index contributed by atoms with van der Waals surface area (Å²) in [4.78, 5) is 26.6. The zero-order chi connectivity index (χ0) is 14.5. The average Bonchev–Trinajstić information content (AvgIpc) is 2.89. The predicted octanol–water partition coefficient (Wildman–Crippen LogP) is 2.47. The first-order chi connectivity index (χ1) is 9.56. The maximum Gasteiger partial charge on any atom is 0.335 e. The maximum atomic E-state index is 11.7. The molecule has 104 valence electrons. The second-order valence-electron chi connectivity index (χ2n) is 4.07. The molecule has 0 spiro atoms. The molecule has 0 fully saturated rings. The number of hydrogen-bond acceptors (Lipinski definition) is 4. The van der Waals surface area contributed by atoms with Crippen LogP contribution in [0.5, 0.6) is 0 Å². The van der Waals surface area contributed by atoms with E-state index >= 15 is 0 Å². The van der Waals surface area contributed by atoms with E-state index in [2.05, 4.69) is 15.6 Å². The topological polar surface area (TPSA) is 91.3 Å². The molecule has 0 aliphatic carbocycles. The Kier molecular flexibility index (Phi) is 4.31. The van der Waals surface area contributed by atoms with Crippen molar-refractivity contribution in [3.63, 3.8) is 0 Å². The summed E-state index contributed by atoms with van der Waals surface area (Å²) in [6, 6.07) is 4.28. The van der Waals surface area contributed by atoms with Gasteiger partial charge in [-0.25, -0.2) is 14.6 Å². The molecule has 1 aromatic heterocycles. The molecule has 0 radical (unpaired) electrons. The van der Waals surface area contributed by atoms with Gasteiger partial charge >= 0.3 is 12.0 Å². The largest absolute Gasteiger partial charge is 0.478 e. The standard InChI is InChI=1S/C13H13N3O3S/c1-8-6-9(2-3-10(8)12(17)18)16-13(19)15-7-11-14-4-5-20-11/h2-6H,7H2,1H3,(H,17,18)(H2,15,16,19). The van der Waals surface area contributed by atoms with Gasteiger partial charge in [0.15, 0.2) is 0 Å². The van der Waals surface area contributed by atoms with Crippen LogP contribution in [0.1, 0.15) is 20.9 Å². The van der Waals surface area contributed by atoms with Crippen molar-refractivity contribution in [3.8, 4) is 0 Å². The van der Waals surface area contributed by atoms with E-state index in [4.69, 9.17) is 5.11 Å². The number of nitrogens with zero attached hydrogens (tertiary/aromatic N) is 1. The number of aromatic nitrogens is 1. The summed E-state index contributed by atoms with van der Waals surface area (Å²) in [6.07, 6.45) is 1.67. The van der Waals surface area contributed by atoms with Crippen LogP contribution in [-0.4, -0.2) is 22.1 Å². The minimum Gasteiger partial charge on any atom is -0.478 e. The molecule has 1 heterocycles. The minimum atomic E-state index is -0.984. The van der Waals surface area contributed by atoms with E-state index in [0.29, 0.717) is 17.8 Å². The summed E-state index contributed by atoms with van der Waals surface area (Å²) < 4.78 is 0. The number of aromatic carboxylic acids is 1. The Morgan fingerprint density at radius 2 is 2.20 bits per heavy atom. The number of carbonyl (C=O) groups is 2. The van der Waals surface area contributed by atoms with Crippen molar-refractivity contribution in [1.82, 2.24) is 10.3 Å². The zero-order valence-electron chi connectivity index (χ0n) is 10.7. The van der Waals surface area contributed by atoms with E-state index in [9.17, 15) is 9.59 Å². The quantitative estimate of drug-likeness (QED) is 0.807. The van der Waals surface area contributed by atoms with Crippen LogP contribution in [0, 0.1) is 6.92 Å². The van der Waals surface area contributed by atoms with E-state index in [0.717, 1.165) is 5.01 Å². The van der Waals surface area contributed by atoms with Gasteiger partial charge in [0.2, 0.25) is 0 Å². The van der Waals surface area contributed by atoms with Gasteiger partial charge in [-0.15, -0.1) is 11.3 Å². The van der Waals surface area contributed by atoms with Gasteiger partial charge in [-0.05, 0) is 30.7 Å². The highest BCUT2D eigenvalue weighted by Gasteiger charge is 2.08. The number of hydrogen-bond donors (Lipinski definition) is 3. The molecular formula is C13H13N3O3S. The molecule has 3 N–H and O–H groups in total. The Labute approximate surface area is 119 Å². The molecule has 0 saturated heterocycles. The van der Waals surface area contributed by atoms with Gasteiger partial charge in [0.05, 0.1) is 12.1 Å². The first-order valence-corrected chi connectivity index (χ1v) is 6.71. The Morgan fingerprint density at radius 3 is 2.80 bits per heavy atom. The summed E-state index contributed by atoms with van der Waals surface area (Å²) >= 11 is 1.46. The first-order valence-electron chi connectivity index (χ1n) is 5.83. The molecule has 0 aliphatic rings. The first kappa shape index (κ1) is 14.0. The molecule has 0 saturated carbocycles. The van der Waals surface area contributed by atoms with E-state index in [1.54, 1.807) is 25.3 Å². The predicted molar refractivity (Wildman–Crippen MR) is 76.1 cm³/mol. The molecule has 2 amide bonds. The van der Waals surface area contributed by atoms with Crippen LogP contribution < -0.4 is 10.6 Å². The van der Waals surface area contributed by atoms with E-state index < -0.39 is 5.97 Å². The zero-order valence-corrected chi connectivity index (χ0v) is 11.5. The van der Waals surface area contributed by atoms with Crippen molar-refractivity contribution in [2.24, 2.45) is 0 Å². The highest BCUT2D eigenvalue weighted by atomic mass is 32.1. The van der Waals surface area contributed by atoms with Crippen molar-refractivity contribution >= 4 is 29.0 Å². The van der Waals surface area contributed by atoms with Crippen molar-refractivity contribution in [2.45, 2.75) is 13.5 Å². The molecule has 2 aromatic rings. The van der Waals surface area contributed by atoms with Gasteiger partial charge in [-0.3, -0.25) is 0 Å². The number of carbonyl (C=O) groups excluding carboxylic acids is 1. The third-order valence-electron chi connectivity index (χ3n) is 2.60. The molecular weight excluding hydrogens is 278 g/mol. The fourth-order valence-corrected chi connectivity index (χ4v) is 2.21. The Bertz CT molecular complexity index is 626. The lowest BCUT2D eigenvalue weighted by molar-refractivity contribution is 0.0696. The number of nitrogens with one attached hydrogen (secondary N) is 2. The van der Waals surface area contributed by atoms with Crippen LogP contribution in [0.15, 0.2) is 29.8 Å². The van der Waals surface area contributed by atoms with Crippen LogP contribution in [0.2, 0.25) is 0 Å². The molecule has 2 rings (SSSR count). The monoisotopic (exact) mass is 291 g/mol. The van der Waals surface area contributed by atoms with Crippen LogP contribution in [0.3, 0.4) is 0 Å². The molecule has 0 bridgehead atoms. The second kappa shape index (κ2) is 6.16. The lowest BCUT2D eigenvalue weighted by Gasteiger charge is -2.08. The lowest BCUT2D eigenvalue weighted by atomic mass is 10.1. The van der Waals surface area contributed by atoms with Crippen LogP contribution in [0.25, 0.3) is 0 Å². The molecule has 7 heteroatoms. The normalized spacial score (nSPS) is 10.1. The number of rotatable bonds is 4. The number of benzene rings is 1. The number of amides is 2. The smallest absolute Gasteiger partial charge is 0.335 e. The van der Waals surface area contributed by atoms with Crippen molar-refractivity contribution in [3.05, 3.63) is 45.9 Å². The average molecular weight is 291 g/mol.